The van der Waals surface area contributed by atoms with Crippen molar-refractivity contribution >= 4 is 13.8 Å². The summed E-state index contributed by atoms with van der Waals surface area (Å²) in [4.78, 5) is 0. The number of hydrogen-bond donors (Lipinski definition) is 1. The minimum absolute atomic E-state index is 0. The Hall–Kier alpha value is 0.140. The molecule has 0 saturated carbocycles. The average molecular weight is 153 g/mol. The summed E-state index contributed by atoms with van der Waals surface area (Å²) in [6, 6.07) is 0. The van der Waals surface area contributed by atoms with Gasteiger partial charge < -0.3 is 11.3 Å². The van der Waals surface area contributed by atoms with E-state index >= 15 is 0 Å². The predicted molar refractivity (Wildman–Crippen MR) is 48.0 cm³/mol. The lowest BCUT2D eigenvalue weighted by Crippen LogP contribution is -2.22. The lowest BCUT2D eigenvalue weighted by atomic mass is 10.9. The van der Waals surface area contributed by atoms with E-state index < -0.39 is 8.75 Å². The first-order valence-electron chi connectivity index (χ1n) is 2.54. The number of quaternary nitrogens is 1. The Morgan fingerprint density at radius 3 is 1.22 bits per heavy atom. The molecular weight excluding hydrogens is 134 g/mol. The van der Waals surface area contributed by atoms with Gasteiger partial charge in [-0.3, -0.25) is 8.75 Å². The first kappa shape index (κ1) is 11.9. The Kier molecular flexibility index (Phi) is 3.17. The highest BCUT2D eigenvalue weighted by molar-refractivity contribution is 8.45. The van der Waals surface area contributed by atoms with E-state index in [1.165, 1.54) is 0 Å². The molecule has 0 radical (unpaired) electrons. The third-order valence-corrected chi connectivity index (χ3v) is 3.45. The van der Waals surface area contributed by atoms with E-state index in [1.54, 1.807) is 6.92 Å². The van der Waals surface area contributed by atoms with Crippen LogP contribution in [-0.2, 0) is 0 Å². The van der Waals surface area contributed by atoms with Crippen molar-refractivity contribution < 1.29 is 5.11 Å². The average Bonchev–Trinajstić information content (AvgIpc) is 1.27. The smallest absolute Gasteiger partial charge is 0.0392 e. The summed E-state index contributed by atoms with van der Waals surface area (Å²) in [6.45, 7) is 1.67. The minimum Gasteiger partial charge on any atom is -0.827 e. The maximum Gasteiger partial charge on any atom is -0.0392 e. The van der Waals surface area contributed by atoms with Crippen molar-refractivity contribution in [3.05, 3.63) is 0 Å². The summed E-state index contributed by atoms with van der Waals surface area (Å²) < 4.78 is 0. The second-order valence-electron chi connectivity index (χ2n) is 3.76. The summed E-state index contributed by atoms with van der Waals surface area (Å²) in [5.74, 6) is 0. The molecular formula is C6H19NOS. The van der Waals surface area contributed by atoms with E-state index in [0.29, 0.717) is 5.05 Å². The molecule has 9 heavy (non-hydrogen) atoms. The monoisotopic (exact) mass is 153 g/mol. The van der Waals surface area contributed by atoms with Crippen molar-refractivity contribution in [2.45, 2.75) is 6.92 Å². The van der Waals surface area contributed by atoms with Gasteiger partial charge in [0.25, 0.3) is 0 Å². The molecule has 0 spiro atoms. The quantitative estimate of drug-likeness (QED) is 0.512. The van der Waals surface area contributed by atoms with Gasteiger partial charge in [-0.1, -0.05) is 6.92 Å². The first-order chi connectivity index (χ1) is 3.20. The van der Waals surface area contributed by atoms with Gasteiger partial charge in [-0.15, -0.1) is 0 Å². The van der Waals surface area contributed by atoms with Crippen molar-refractivity contribution in [1.29, 1.82) is 0 Å². The molecule has 0 bridgehead atoms. The van der Waals surface area contributed by atoms with E-state index in [9.17, 15) is 5.11 Å². The van der Waals surface area contributed by atoms with Gasteiger partial charge in [-0.05, 0) is 25.0 Å². The zero-order valence-corrected chi connectivity index (χ0v) is 8.13. The SMILES string of the molecule is CC([O-])=S(C)(C)(C)C.[NH4+]. The van der Waals surface area contributed by atoms with Gasteiger partial charge in [0.05, 0.1) is 0 Å². The molecule has 0 amide bonds. The van der Waals surface area contributed by atoms with E-state index in [4.69, 9.17) is 0 Å². The summed E-state index contributed by atoms with van der Waals surface area (Å²) in [7, 11) is -1.60. The second kappa shape index (κ2) is 2.40. The molecule has 0 saturated heterocycles. The highest BCUT2D eigenvalue weighted by Crippen LogP contribution is 2.43. The first-order valence-corrected chi connectivity index (χ1v) is 6.22. The van der Waals surface area contributed by atoms with E-state index in [2.05, 4.69) is 0 Å². The molecule has 3 heteroatoms. The van der Waals surface area contributed by atoms with Gasteiger partial charge >= 0.3 is 0 Å². The highest BCUT2D eigenvalue weighted by atomic mass is 32.3. The zero-order chi connectivity index (χ0) is 7.02. The molecule has 0 aliphatic heterocycles. The molecule has 4 N–H and O–H groups in total. The summed E-state index contributed by atoms with van der Waals surface area (Å²) >= 11 is 0. The molecule has 0 heterocycles. The molecule has 0 unspecified atom stereocenters. The van der Waals surface area contributed by atoms with Crippen LogP contribution >= 0.6 is 8.75 Å². The molecule has 60 valence electrons. The van der Waals surface area contributed by atoms with Crippen LogP contribution < -0.4 is 11.3 Å². The molecule has 0 aliphatic rings. The molecule has 0 fully saturated rings. The Balaban J connectivity index is 0. The van der Waals surface area contributed by atoms with Crippen LogP contribution in [0.4, 0.5) is 0 Å². The normalized spacial score (nSPS) is 15.1. The third kappa shape index (κ3) is 4.63. The third-order valence-electron chi connectivity index (χ3n) is 1.15. The molecule has 0 aromatic carbocycles. The van der Waals surface area contributed by atoms with Crippen molar-refractivity contribution in [3.63, 3.8) is 0 Å². The van der Waals surface area contributed by atoms with Crippen molar-refractivity contribution in [2.24, 2.45) is 0 Å². The van der Waals surface area contributed by atoms with E-state index in [1.807, 2.05) is 25.0 Å². The van der Waals surface area contributed by atoms with Crippen LogP contribution in [0.3, 0.4) is 0 Å². The summed E-state index contributed by atoms with van der Waals surface area (Å²) in [5.41, 5.74) is 0. The second-order valence-corrected chi connectivity index (χ2v) is 10.9. The topological polar surface area (TPSA) is 59.6 Å². The molecule has 0 aliphatic carbocycles. The van der Waals surface area contributed by atoms with Crippen LogP contribution in [0.1, 0.15) is 6.92 Å². The molecule has 0 aromatic rings. The van der Waals surface area contributed by atoms with Gasteiger partial charge in [0.2, 0.25) is 0 Å². The fourth-order valence-corrected chi connectivity index (χ4v) is 0. The van der Waals surface area contributed by atoms with E-state index in [-0.39, 0.29) is 6.15 Å². The Labute approximate surface area is 57.7 Å². The van der Waals surface area contributed by atoms with Crippen LogP contribution in [0.5, 0.6) is 0 Å². The van der Waals surface area contributed by atoms with Gasteiger partial charge in [-0.25, -0.2) is 0 Å². The molecule has 0 rings (SSSR count). The highest BCUT2D eigenvalue weighted by Gasteiger charge is 2.03. The van der Waals surface area contributed by atoms with Crippen LogP contribution in [0.25, 0.3) is 0 Å². The van der Waals surface area contributed by atoms with Gasteiger partial charge in [0, 0.05) is 0 Å². The van der Waals surface area contributed by atoms with Gasteiger partial charge in [0.15, 0.2) is 0 Å². The fraction of sp³-hybridized carbons (Fsp3) is 0.833. The Morgan fingerprint density at radius 1 is 1.11 bits per heavy atom. The largest absolute Gasteiger partial charge is 0.827 e. The van der Waals surface area contributed by atoms with Crippen LogP contribution in [-0.4, -0.2) is 30.1 Å². The Morgan fingerprint density at radius 2 is 1.22 bits per heavy atom. The lowest BCUT2D eigenvalue weighted by Gasteiger charge is -2.39. The standard InChI is InChI=1S/C6H16OS.H3N/c1-6(7)8(2,3,4)5;/h7H,1-5H3;1H3. The summed E-state index contributed by atoms with van der Waals surface area (Å²) in [5, 5.41) is 11.2. The predicted octanol–water partition coefficient (Wildman–Crippen LogP) is 0.732. The molecule has 2 nitrogen and oxygen atoms in total. The molecule has 0 atom stereocenters. The fourth-order valence-electron chi connectivity index (χ4n) is 0. The van der Waals surface area contributed by atoms with Crippen LogP contribution in [0.15, 0.2) is 0 Å². The van der Waals surface area contributed by atoms with Gasteiger partial charge in [0.1, 0.15) is 0 Å². The lowest BCUT2D eigenvalue weighted by molar-refractivity contribution is -0.209. The maximum atomic E-state index is 10.8. The van der Waals surface area contributed by atoms with Crippen molar-refractivity contribution in [2.75, 3.05) is 25.0 Å². The Bertz CT molecular complexity index is 138. The van der Waals surface area contributed by atoms with Crippen molar-refractivity contribution in [3.8, 4) is 0 Å². The van der Waals surface area contributed by atoms with Crippen molar-refractivity contribution in [1.82, 2.24) is 6.15 Å². The number of hydrogen-bond acceptors (Lipinski definition) is 1. The summed E-state index contributed by atoms with van der Waals surface area (Å²) in [6.07, 6.45) is 8.16. The van der Waals surface area contributed by atoms with Crippen LogP contribution in [0, 0.1) is 0 Å². The zero-order valence-electron chi connectivity index (χ0n) is 7.32. The maximum absolute atomic E-state index is 10.8. The van der Waals surface area contributed by atoms with E-state index in [0.717, 1.165) is 0 Å². The minimum atomic E-state index is -1.60. The molecule has 0 aromatic heterocycles. The number of rotatable bonds is 0. The van der Waals surface area contributed by atoms with Crippen LogP contribution in [0.2, 0.25) is 0 Å². The van der Waals surface area contributed by atoms with Gasteiger partial charge in [-0.2, -0.15) is 5.05 Å².